The van der Waals surface area contributed by atoms with Crippen molar-refractivity contribution in [2.24, 2.45) is 5.18 Å². The number of H-pyrrole nitrogens is 1. The van der Waals surface area contributed by atoms with Crippen LogP contribution in [-0.4, -0.2) is 38.0 Å². The number of rotatable bonds is 8. The number of nitrogens with one attached hydrogen (secondary N) is 2. The number of hydrogen-bond donors (Lipinski definition) is 2. The molecular formula is C28H30N6OS2. The lowest BCUT2D eigenvalue weighted by Gasteiger charge is -2.19. The molecule has 7 nitrogen and oxygen atoms in total. The van der Waals surface area contributed by atoms with Gasteiger partial charge in [0.15, 0.2) is 0 Å². The number of aromatic amines is 1. The van der Waals surface area contributed by atoms with Crippen LogP contribution in [0.5, 0.6) is 0 Å². The van der Waals surface area contributed by atoms with Crippen LogP contribution in [0.15, 0.2) is 60.7 Å². The lowest BCUT2D eigenvalue weighted by atomic mass is 9.98. The van der Waals surface area contributed by atoms with Crippen molar-refractivity contribution in [1.29, 1.82) is 0 Å². The molecule has 0 amide bonds. The Bertz CT molecular complexity index is 1460. The molecule has 3 aromatic heterocycles. The summed E-state index contributed by atoms with van der Waals surface area (Å²) in [5, 5.41) is 7.60. The number of allylic oxidation sites excluding steroid dienone is 1. The first-order chi connectivity index (χ1) is 17.8. The topological polar surface area (TPSA) is 95.9 Å². The van der Waals surface area contributed by atoms with Gasteiger partial charge in [-0.3, -0.25) is 0 Å². The Hall–Kier alpha value is -3.30. The fraction of sp³-hybridized carbons (Fsp3) is 0.321. The lowest BCUT2D eigenvalue weighted by molar-refractivity contribution is 0.585. The first kappa shape index (κ1) is 25.4. The van der Waals surface area contributed by atoms with Crippen molar-refractivity contribution >= 4 is 45.4 Å². The van der Waals surface area contributed by atoms with E-state index in [2.05, 4.69) is 69.9 Å². The molecule has 0 saturated heterocycles. The van der Waals surface area contributed by atoms with Crippen molar-refractivity contribution < 1.29 is 0 Å². The van der Waals surface area contributed by atoms with Crippen LogP contribution in [0.1, 0.15) is 54.4 Å². The van der Waals surface area contributed by atoms with Gasteiger partial charge in [0.25, 0.3) is 0 Å². The molecule has 37 heavy (non-hydrogen) atoms. The Labute approximate surface area is 224 Å². The second-order valence-electron chi connectivity index (χ2n) is 10.1. The predicted octanol–water partition coefficient (Wildman–Crippen LogP) is 6.97. The molecule has 1 unspecified atom stereocenters. The van der Waals surface area contributed by atoms with Crippen LogP contribution in [0.25, 0.3) is 33.6 Å². The number of nitrogens with zero attached hydrogens (tertiary/aromatic N) is 4. The highest BCUT2D eigenvalue weighted by atomic mass is 32.2. The fourth-order valence-electron chi connectivity index (χ4n) is 4.33. The van der Waals surface area contributed by atoms with Gasteiger partial charge in [-0.1, -0.05) is 62.9 Å². The van der Waals surface area contributed by atoms with Gasteiger partial charge < -0.3 is 10.3 Å². The van der Waals surface area contributed by atoms with Crippen LogP contribution in [0.4, 0.5) is 0 Å². The molecule has 0 radical (unpaired) electrons. The molecule has 1 aliphatic heterocycles. The number of benzene rings is 1. The predicted molar refractivity (Wildman–Crippen MR) is 156 cm³/mol. The van der Waals surface area contributed by atoms with E-state index in [1.807, 2.05) is 42.2 Å². The third kappa shape index (κ3) is 5.52. The summed E-state index contributed by atoms with van der Waals surface area (Å²) in [4.78, 5) is 29.4. The Morgan fingerprint density at radius 1 is 1.22 bits per heavy atom. The molecule has 1 atom stereocenters. The maximum Gasteiger partial charge on any atom is 0.116 e. The maximum atomic E-state index is 11.3. The number of hydrogen-bond acceptors (Lipinski definition) is 8. The summed E-state index contributed by atoms with van der Waals surface area (Å²) in [6, 6.07) is 9.90. The quantitative estimate of drug-likeness (QED) is 0.239. The molecule has 1 aliphatic rings. The highest BCUT2D eigenvalue weighted by Gasteiger charge is 2.21. The molecule has 9 heteroatoms. The molecule has 5 rings (SSSR count). The van der Waals surface area contributed by atoms with Crippen LogP contribution in [0, 0.1) is 4.91 Å². The Balaban J connectivity index is 1.38. The number of fused-ring (bicyclic) bond motifs is 1. The van der Waals surface area contributed by atoms with E-state index < -0.39 is 0 Å². The normalized spacial score (nSPS) is 14.8. The van der Waals surface area contributed by atoms with Crippen molar-refractivity contribution in [1.82, 2.24) is 25.3 Å². The zero-order chi connectivity index (χ0) is 26.0. The molecule has 0 aliphatic carbocycles. The third-order valence-electron chi connectivity index (χ3n) is 6.36. The Morgan fingerprint density at radius 2 is 2.03 bits per heavy atom. The molecule has 190 valence electrons. The van der Waals surface area contributed by atoms with Crippen molar-refractivity contribution in [3.05, 3.63) is 81.6 Å². The first-order valence-electron chi connectivity index (χ1n) is 12.3. The average Bonchev–Trinajstić information content (AvgIpc) is 3.57. The summed E-state index contributed by atoms with van der Waals surface area (Å²) in [7, 11) is 0. The van der Waals surface area contributed by atoms with Gasteiger partial charge in [-0.15, -0.1) is 11.3 Å². The van der Waals surface area contributed by atoms with Crippen LogP contribution >= 0.6 is 23.1 Å². The summed E-state index contributed by atoms with van der Waals surface area (Å²) in [5.74, 6) is 2.18. The number of aromatic nitrogens is 4. The van der Waals surface area contributed by atoms with Gasteiger partial charge >= 0.3 is 0 Å². The number of thioether (sulfide) groups is 1. The van der Waals surface area contributed by atoms with Crippen LogP contribution in [0.2, 0.25) is 0 Å². The monoisotopic (exact) mass is 530 g/mol. The zero-order valence-corrected chi connectivity index (χ0v) is 22.9. The summed E-state index contributed by atoms with van der Waals surface area (Å²) in [6.07, 6.45) is 6.79. The SMILES string of the molecule is C=C(NC(CN=O)c1ccc(-c2ncnc3cc(C4=CCSCC4)[nH]c23)cc1)c1cnc(C(C)(C)C)s1. The average molecular weight is 531 g/mol. The maximum absolute atomic E-state index is 11.3. The van der Waals surface area contributed by atoms with E-state index >= 15 is 0 Å². The summed E-state index contributed by atoms with van der Waals surface area (Å²) in [6.45, 7) is 10.7. The third-order valence-corrected chi connectivity index (χ3v) is 8.74. The van der Waals surface area contributed by atoms with Gasteiger partial charge in [-0.2, -0.15) is 16.7 Å². The highest BCUT2D eigenvalue weighted by molar-refractivity contribution is 7.99. The van der Waals surface area contributed by atoms with Crippen molar-refractivity contribution in [3.8, 4) is 11.3 Å². The first-order valence-corrected chi connectivity index (χ1v) is 14.2. The van der Waals surface area contributed by atoms with Gasteiger partial charge in [0.2, 0.25) is 0 Å². The lowest BCUT2D eigenvalue weighted by Crippen LogP contribution is -2.21. The van der Waals surface area contributed by atoms with Crippen molar-refractivity contribution in [2.75, 3.05) is 18.1 Å². The summed E-state index contributed by atoms with van der Waals surface area (Å²) in [5.41, 5.74) is 7.79. The standard InChI is InChI=1S/C28H30N6OS2/c1-17(24-15-29-27(37-24)28(2,3)4)33-23(14-32-35)18-5-7-20(8-6-18)25-26-22(30-16-31-25)13-21(34-26)19-9-11-36-12-10-19/h5-9,13,15-16,23,33-34H,1,10-12,14H2,2-4H3. The number of thiazole rings is 1. The molecule has 0 saturated carbocycles. The van der Waals surface area contributed by atoms with Crippen molar-refractivity contribution in [3.63, 3.8) is 0 Å². The Morgan fingerprint density at radius 3 is 2.70 bits per heavy atom. The second kappa shape index (κ2) is 10.6. The molecule has 1 aromatic carbocycles. The largest absolute Gasteiger partial charge is 0.376 e. The van der Waals surface area contributed by atoms with Gasteiger partial charge in [-0.25, -0.2) is 15.0 Å². The zero-order valence-electron chi connectivity index (χ0n) is 21.2. The summed E-state index contributed by atoms with van der Waals surface area (Å²) >= 11 is 3.57. The van der Waals surface area contributed by atoms with Gasteiger partial charge in [0, 0.05) is 34.3 Å². The van der Waals surface area contributed by atoms with Gasteiger partial charge in [-0.05, 0) is 29.4 Å². The van der Waals surface area contributed by atoms with Crippen LogP contribution < -0.4 is 5.32 Å². The Kier molecular flexibility index (Phi) is 7.26. The van der Waals surface area contributed by atoms with Crippen LogP contribution in [0.3, 0.4) is 0 Å². The highest BCUT2D eigenvalue weighted by Crippen LogP contribution is 2.33. The molecule has 2 N–H and O–H groups in total. The molecule has 0 spiro atoms. The van der Waals surface area contributed by atoms with E-state index in [1.165, 1.54) is 5.57 Å². The summed E-state index contributed by atoms with van der Waals surface area (Å²) < 4.78 is 0. The van der Waals surface area contributed by atoms with Gasteiger partial charge in [0.1, 0.15) is 12.9 Å². The molecule has 0 fully saturated rings. The van der Waals surface area contributed by atoms with E-state index in [1.54, 1.807) is 17.7 Å². The smallest absolute Gasteiger partial charge is 0.116 e. The minimum Gasteiger partial charge on any atom is -0.376 e. The van der Waals surface area contributed by atoms with Gasteiger partial charge in [0.05, 0.1) is 32.7 Å². The fourth-order valence-corrected chi connectivity index (χ4v) is 6.08. The molecule has 4 heterocycles. The van der Waals surface area contributed by atoms with E-state index in [0.717, 1.165) is 67.1 Å². The van der Waals surface area contributed by atoms with E-state index in [-0.39, 0.29) is 18.0 Å². The van der Waals surface area contributed by atoms with Crippen LogP contribution in [-0.2, 0) is 5.41 Å². The molecular weight excluding hydrogens is 500 g/mol. The minimum absolute atomic E-state index is 0.0263. The van der Waals surface area contributed by atoms with Crippen molar-refractivity contribution in [2.45, 2.75) is 38.6 Å². The second-order valence-corrected chi connectivity index (χ2v) is 12.3. The number of nitroso groups, excluding NO2 is 1. The van der Waals surface area contributed by atoms with E-state index in [9.17, 15) is 4.91 Å². The van der Waals surface area contributed by atoms with E-state index in [4.69, 9.17) is 0 Å². The minimum atomic E-state index is -0.294. The molecule has 0 bridgehead atoms. The van der Waals surface area contributed by atoms with E-state index in [0.29, 0.717) is 0 Å². The molecule has 4 aromatic rings.